The smallest absolute Gasteiger partial charge is 0.140 e. The van der Waals surface area contributed by atoms with Gasteiger partial charge in [0.15, 0.2) is 0 Å². The topological polar surface area (TPSA) is 34.1 Å². The van der Waals surface area contributed by atoms with Crippen molar-refractivity contribution in [2.75, 3.05) is 19.7 Å². The highest BCUT2D eigenvalue weighted by Gasteiger charge is 2.13. The normalized spacial score (nSPS) is 19.1. The minimum Gasteiger partial charge on any atom is -0.492 e. The molecule has 0 unspecified atom stereocenters. The fraction of sp³-hybridized carbons (Fsp3) is 0.643. The van der Waals surface area contributed by atoms with E-state index in [1.807, 2.05) is 13.0 Å². The van der Waals surface area contributed by atoms with E-state index < -0.39 is 0 Å². The molecule has 0 bridgehead atoms. The fourth-order valence-corrected chi connectivity index (χ4v) is 2.54. The molecule has 0 aromatic carbocycles. The first-order valence-electron chi connectivity index (χ1n) is 6.72. The van der Waals surface area contributed by atoms with E-state index in [9.17, 15) is 0 Å². The molecule has 1 saturated heterocycles. The zero-order chi connectivity index (χ0) is 12.8. The summed E-state index contributed by atoms with van der Waals surface area (Å²) in [7, 11) is 0. The van der Waals surface area contributed by atoms with Crippen LogP contribution in [0.15, 0.2) is 12.1 Å². The van der Waals surface area contributed by atoms with Crippen LogP contribution in [0.2, 0.25) is 5.15 Å². The largest absolute Gasteiger partial charge is 0.492 e. The molecule has 1 atom stereocenters. The minimum atomic E-state index is 0.522. The van der Waals surface area contributed by atoms with Gasteiger partial charge in [0.25, 0.3) is 0 Å². The van der Waals surface area contributed by atoms with E-state index in [4.69, 9.17) is 16.3 Å². The van der Waals surface area contributed by atoms with E-state index in [2.05, 4.69) is 10.3 Å². The summed E-state index contributed by atoms with van der Waals surface area (Å²) in [6, 6.07) is 3.67. The van der Waals surface area contributed by atoms with Crippen LogP contribution < -0.4 is 10.1 Å². The molecular formula is C14H21ClN2O. The van der Waals surface area contributed by atoms with Crippen molar-refractivity contribution in [3.05, 3.63) is 23.0 Å². The van der Waals surface area contributed by atoms with Gasteiger partial charge in [-0.05, 0) is 63.7 Å². The SMILES string of the molecule is Cc1nc(Cl)ccc1OCCCC[C@H]1CCNC1. The number of unbranched alkanes of at least 4 members (excludes halogenated alkanes) is 1. The maximum absolute atomic E-state index is 5.80. The average Bonchev–Trinajstić information content (AvgIpc) is 2.84. The van der Waals surface area contributed by atoms with E-state index in [0.717, 1.165) is 30.4 Å². The monoisotopic (exact) mass is 268 g/mol. The van der Waals surface area contributed by atoms with Gasteiger partial charge in [-0.25, -0.2) is 4.98 Å². The lowest BCUT2D eigenvalue weighted by atomic mass is 10.0. The molecule has 0 saturated carbocycles. The summed E-state index contributed by atoms with van der Waals surface area (Å²) in [5.74, 6) is 1.73. The quantitative estimate of drug-likeness (QED) is 0.636. The van der Waals surface area contributed by atoms with Crippen molar-refractivity contribution in [2.45, 2.75) is 32.6 Å². The summed E-state index contributed by atoms with van der Waals surface area (Å²) in [5, 5.41) is 3.92. The summed E-state index contributed by atoms with van der Waals surface area (Å²) in [6.45, 7) is 5.08. The van der Waals surface area contributed by atoms with Gasteiger partial charge in [0.05, 0.1) is 12.3 Å². The Hall–Kier alpha value is -0.800. The van der Waals surface area contributed by atoms with Crippen LogP contribution in [0.5, 0.6) is 5.75 Å². The van der Waals surface area contributed by atoms with Crippen molar-refractivity contribution in [3.63, 3.8) is 0 Å². The number of rotatable bonds is 6. The molecule has 1 N–H and O–H groups in total. The van der Waals surface area contributed by atoms with Crippen molar-refractivity contribution >= 4 is 11.6 Å². The third kappa shape index (κ3) is 4.14. The Labute approximate surface area is 114 Å². The van der Waals surface area contributed by atoms with Gasteiger partial charge in [-0.1, -0.05) is 11.6 Å². The first-order chi connectivity index (χ1) is 8.75. The van der Waals surface area contributed by atoms with Crippen molar-refractivity contribution in [1.82, 2.24) is 10.3 Å². The zero-order valence-electron chi connectivity index (χ0n) is 10.9. The second kappa shape index (κ2) is 6.95. The van der Waals surface area contributed by atoms with E-state index in [1.165, 1.54) is 32.4 Å². The van der Waals surface area contributed by atoms with Crippen LogP contribution >= 0.6 is 11.6 Å². The van der Waals surface area contributed by atoms with Gasteiger partial charge in [-0.3, -0.25) is 0 Å². The highest BCUT2D eigenvalue weighted by Crippen LogP contribution is 2.19. The van der Waals surface area contributed by atoms with Gasteiger partial charge >= 0.3 is 0 Å². The van der Waals surface area contributed by atoms with Crippen LogP contribution in [-0.2, 0) is 0 Å². The summed E-state index contributed by atoms with van der Waals surface area (Å²) >= 11 is 5.80. The predicted molar refractivity (Wildman–Crippen MR) is 74.3 cm³/mol. The van der Waals surface area contributed by atoms with Gasteiger partial charge < -0.3 is 10.1 Å². The minimum absolute atomic E-state index is 0.522. The van der Waals surface area contributed by atoms with Crippen LogP contribution in [0.4, 0.5) is 0 Å². The van der Waals surface area contributed by atoms with Crippen LogP contribution in [0.3, 0.4) is 0 Å². The molecule has 2 rings (SSSR count). The average molecular weight is 269 g/mol. The van der Waals surface area contributed by atoms with Crippen LogP contribution in [0.1, 0.15) is 31.4 Å². The van der Waals surface area contributed by atoms with Gasteiger partial charge in [0.1, 0.15) is 10.9 Å². The molecule has 1 aliphatic heterocycles. The lowest BCUT2D eigenvalue weighted by Gasteiger charge is -2.10. The van der Waals surface area contributed by atoms with Crippen molar-refractivity contribution in [3.8, 4) is 5.75 Å². The zero-order valence-corrected chi connectivity index (χ0v) is 11.7. The predicted octanol–water partition coefficient (Wildman–Crippen LogP) is 3.20. The molecule has 0 spiro atoms. The fourth-order valence-electron chi connectivity index (χ4n) is 2.35. The van der Waals surface area contributed by atoms with Gasteiger partial charge in [-0.15, -0.1) is 0 Å². The van der Waals surface area contributed by atoms with Crippen LogP contribution in [-0.4, -0.2) is 24.7 Å². The molecule has 1 aromatic rings. The summed E-state index contributed by atoms with van der Waals surface area (Å²) in [4.78, 5) is 4.17. The Morgan fingerprint density at radius 3 is 3.06 bits per heavy atom. The van der Waals surface area contributed by atoms with E-state index in [0.29, 0.717) is 5.15 Å². The molecular weight excluding hydrogens is 248 g/mol. The highest BCUT2D eigenvalue weighted by molar-refractivity contribution is 6.29. The summed E-state index contributed by atoms with van der Waals surface area (Å²) in [6.07, 6.45) is 5.00. The Morgan fingerprint density at radius 1 is 1.44 bits per heavy atom. The van der Waals surface area contributed by atoms with Crippen molar-refractivity contribution in [2.24, 2.45) is 5.92 Å². The molecule has 3 nitrogen and oxygen atoms in total. The maximum atomic E-state index is 5.80. The molecule has 0 aliphatic carbocycles. The molecule has 2 heterocycles. The van der Waals surface area contributed by atoms with Gasteiger partial charge in [0, 0.05) is 0 Å². The molecule has 0 amide bonds. The summed E-state index contributed by atoms with van der Waals surface area (Å²) in [5.41, 5.74) is 0.863. The maximum Gasteiger partial charge on any atom is 0.140 e. The first kappa shape index (κ1) is 13.6. The number of pyridine rings is 1. The Bertz CT molecular complexity index is 378. The second-order valence-electron chi connectivity index (χ2n) is 4.92. The third-order valence-corrected chi connectivity index (χ3v) is 3.64. The molecule has 100 valence electrons. The molecule has 1 aromatic heterocycles. The Balaban J connectivity index is 1.62. The molecule has 4 heteroatoms. The number of aryl methyl sites for hydroxylation is 1. The van der Waals surface area contributed by atoms with E-state index in [1.54, 1.807) is 6.07 Å². The Kier molecular flexibility index (Phi) is 5.26. The number of halogens is 1. The van der Waals surface area contributed by atoms with Crippen molar-refractivity contribution < 1.29 is 4.74 Å². The second-order valence-corrected chi connectivity index (χ2v) is 5.31. The number of hydrogen-bond donors (Lipinski definition) is 1. The van der Waals surface area contributed by atoms with Crippen LogP contribution in [0, 0.1) is 12.8 Å². The standard InChI is InChI=1S/C14H21ClN2O/c1-11-13(5-6-14(15)17-11)18-9-3-2-4-12-7-8-16-10-12/h5-6,12,16H,2-4,7-10H2,1H3/t12-/m0/s1. The molecule has 18 heavy (non-hydrogen) atoms. The highest BCUT2D eigenvalue weighted by atomic mass is 35.5. The third-order valence-electron chi connectivity index (χ3n) is 3.43. The van der Waals surface area contributed by atoms with Gasteiger partial charge in [-0.2, -0.15) is 0 Å². The lowest BCUT2D eigenvalue weighted by Crippen LogP contribution is -2.09. The summed E-state index contributed by atoms with van der Waals surface area (Å²) < 4.78 is 5.72. The molecule has 0 radical (unpaired) electrons. The number of nitrogens with zero attached hydrogens (tertiary/aromatic N) is 1. The number of nitrogens with one attached hydrogen (secondary N) is 1. The van der Waals surface area contributed by atoms with Crippen molar-refractivity contribution in [1.29, 1.82) is 0 Å². The molecule has 1 fully saturated rings. The van der Waals surface area contributed by atoms with E-state index >= 15 is 0 Å². The Morgan fingerprint density at radius 2 is 2.33 bits per heavy atom. The number of aromatic nitrogens is 1. The molecule has 1 aliphatic rings. The van der Waals surface area contributed by atoms with Gasteiger partial charge in [0.2, 0.25) is 0 Å². The number of ether oxygens (including phenoxy) is 1. The lowest BCUT2D eigenvalue weighted by molar-refractivity contribution is 0.297. The first-order valence-corrected chi connectivity index (χ1v) is 7.10. The number of hydrogen-bond acceptors (Lipinski definition) is 3. The van der Waals surface area contributed by atoms with Crippen LogP contribution in [0.25, 0.3) is 0 Å². The van der Waals surface area contributed by atoms with E-state index in [-0.39, 0.29) is 0 Å².